The van der Waals surface area contributed by atoms with Crippen molar-refractivity contribution in [3.63, 3.8) is 0 Å². The van der Waals surface area contributed by atoms with Gasteiger partial charge in [-0.25, -0.2) is 4.39 Å². The average molecular weight is 526 g/mol. The first-order valence-electron chi connectivity index (χ1n) is 9.82. The largest absolute Gasteiger partial charge is 0.486 e. The van der Waals surface area contributed by atoms with Crippen LogP contribution in [0.3, 0.4) is 0 Å². The summed E-state index contributed by atoms with van der Waals surface area (Å²) in [5.74, 6) is 0.683. The number of nitrogens with zero attached hydrogens (tertiary/aromatic N) is 2. The fourth-order valence-corrected chi connectivity index (χ4v) is 3.16. The number of para-hydroxylation sites is 1. The number of ether oxygens (including phenoxy) is 1. The quantitative estimate of drug-likeness (QED) is 0.328. The molecule has 0 bridgehead atoms. The summed E-state index contributed by atoms with van der Waals surface area (Å²) in [5, 5.41) is 6.42. The highest BCUT2D eigenvalue weighted by Gasteiger charge is 2.21. The highest BCUT2D eigenvalue weighted by atomic mass is 127. The molecule has 1 heterocycles. The summed E-state index contributed by atoms with van der Waals surface area (Å²) < 4.78 is 19.3. The number of nitrogens with one attached hydrogen (secondary N) is 2. The predicted molar refractivity (Wildman–Crippen MR) is 128 cm³/mol. The molecule has 30 heavy (non-hydrogen) atoms. The Kier molecular flexibility index (Phi) is 9.35. The normalized spacial score (nSPS) is 14.8. The van der Waals surface area contributed by atoms with E-state index >= 15 is 0 Å². The number of guanidine groups is 1. The van der Waals surface area contributed by atoms with Crippen LogP contribution < -0.4 is 20.3 Å². The zero-order valence-electron chi connectivity index (χ0n) is 17.2. The Morgan fingerprint density at radius 1 is 1.20 bits per heavy atom. The van der Waals surface area contributed by atoms with E-state index in [1.807, 2.05) is 36.1 Å². The molecule has 1 atom stereocenters. The second-order valence-corrected chi connectivity index (χ2v) is 6.98. The number of hydrogen-bond acceptors (Lipinski definition) is 3. The molecule has 2 N–H and O–H groups in total. The Morgan fingerprint density at radius 2 is 1.93 bits per heavy atom. The molecule has 0 spiro atoms. The van der Waals surface area contributed by atoms with E-state index < -0.39 is 0 Å². The van der Waals surface area contributed by atoms with Crippen molar-refractivity contribution in [2.75, 3.05) is 25.0 Å². The van der Waals surface area contributed by atoms with Crippen LogP contribution in [0.15, 0.2) is 53.5 Å². The van der Waals surface area contributed by atoms with Gasteiger partial charge < -0.3 is 20.3 Å². The van der Waals surface area contributed by atoms with E-state index in [9.17, 15) is 9.18 Å². The summed E-state index contributed by atoms with van der Waals surface area (Å²) in [7, 11) is 1.69. The van der Waals surface area contributed by atoms with Crippen molar-refractivity contribution in [2.45, 2.75) is 32.4 Å². The van der Waals surface area contributed by atoms with Crippen LogP contribution in [0.25, 0.3) is 0 Å². The van der Waals surface area contributed by atoms with Crippen molar-refractivity contribution in [2.24, 2.45) is 4.99 Å². The summed E-state index contributed by atoms with van der Waals surface area (Å²) in [6.07, 6.45) is 1.32. The maximum absolute atomic E-state index is 13.7. The van der Waals surface area contributed by atoms with E-state index in [2.05, 4.69) is 15.6 Å². The first kappa shape index (κ1) is 23.9. The number of rotatable bonds is 7. The lowest BCUT2D eigenvalue weighted by molar-refractivity contribution is -0.117. The van der Waals surface area contributed by atoms with Gasteiger partial charge in [0.2, 0.25) is 5.91 Å². The van der Waals surface area contributed by atoms with Gasteiger partial charge in [-0.1, -0.05) is 24.3 Å². The molecule has 162 valence electrons. The van der Waals surface area contributed by atoms with Gasteiger partial charge in [-0.05, 0) is 43.2 Å². The minimum Gasteiger partial charge on any atom is -0.486 e. The van der Waals surface area contributed by atoms with Gasteiger partial charge in [-0.15, -0.1) is 24.0 Å². The van der Waals surface area contributed by atoms with E-state index in [1.54, 1.807) is 25.2 Å². The van der Waals surface area contributed by atoms with Crippen molar-refractivity contribution in [1.29, 1.82) is 0 Å². The second kappa shape index (κ2) is 11.7. The van der Waals surface area contributed by atoms with Gasteiger partial charge in [-0.3, -0.25) is 9.79 Å². The van der Waals surface area contributed by atoms with Crippen LogP contribution >= 0.6 is 24.0 Å². The number of amides is 1. The van der Waals surface area contributed by atoms with E-state index in [-0.39, 0.29) is 47.6 Å². The van der Waals surface area contributed by atoms with Crippen molar-refractivity contribution in [3.8, 4) is 5.75 Å². The maximum Gasteiger partial charge on any atom is 0.227 e. The fraction of sp³-hybridized carbons (Fsp3) is 0.364. The number of halogens is 2. The first-order valence-corrected chi connectivity index (χ1v) is 9.82. The van der Waals surface area contributed by atoms with Crippen LogP contribution in [-0.4, -0.2) is 38.1 Å². The van der Waals surface area contributed by atoms with E-state index in [0.717, 1.165) is 24.2 Å². The van der Waals surface area contributed by atoms with Gasteiger partial charge in [-0.2, -0.15) is 0 Å². The lowest BCUT2D eigenvalue weighted by atomic mass is 10.2. The Balaban J connectivity index is 0.00000320. The maximum atomic E-state index is 13.7. The van der Waals surface area contributed by atoms with Gasteiger partial charge in [0, 0.05) is 32.2 Å². The Morgan fingerprint density at radius 3 is 2.57 bits per heavy atom. The number of anilines is 1. The van der Waals surface area contributed by atoms with E-state index in [0.29, 0.717) is 25.5 Å². The summed E-state index contributed by atoms with van der Waals surface area (Å²) in [6, 6.07) is 14.3. The molecule has 6 nitrogen and oxygen atoms in total. The third-order valence-electron chi connectivity index (χ3n) is 4.73. The molecule has 0 aromatic heterocycles. The number of hydrogen-bond donors (Lipinski definition) is 2. The topological polar surface area (TPSA) is 66.0 Å². The molecule has 1 amide bonds. The summed E-state index contributed by atoms with van der Waals surface area (Å²) in [4.78, 5) is 17.9. The zero-order valence-corrected chi connectivity index (χ0v) is 19.6. The van der Waals surface area contributed by atoms with Crippen LogP contribution in [0.1, 0.15) is 25.3 Å². The minimum absolute atomic E-state index is 0. The highest BCUT2D eigenvalue weighted by molar-refractivity contribution is 14.0. The molecular weight excluding hydrogens is 498 g/mol. The molecule has 1 aliphatic heterocycles. The van der Waals surface area contributed by atoms with E-state index in [4.69, 9.17) is 4.74 Å². The van der Waals surface area contributed by atoms with Crippen molar-refractivity contribution in [1.82, 2.24) is 10.6 Å². The lowest BCUT2D eigenvalue weighted by Crippen LogP contribution is -2.41. The number of carbonyl (C=O) groups is 1. The molecule has 2 aromatic rings. The van der Waals surface area contributed by atoms with E-state index in [1.165, 1.54) is 6.07 Å². The van der Waals surface area contributed by atoms with Crippen LogP contribution in [0.5, 0.6) is 5.75 Å². The first-order chi connectivity index (χ1) is 14.1. The Labute approximate surface area is 193 Å². The van der Waals surface area contributed by atoms with Gasteiger partial charge in [0.05, 0.1) is 6.54 Å². The molecule has 3 rings (SSSR count). The summed E-state index contributed by atoms with van der Waals surface area (Å²) in [5.41, 5.74) is 2.02. The molecule has 1 fully saturated rings. The van der Waals surface area contributed by atoms with Crippen LogP contribution in [0.2, 0.25) is 0 Å². The average Bonchev–Trinajstić information content (AvgIpc) is 3.16. The molecule has 1 saturated heterocycles. The second-order valence-electron chi connectivity index (χ2n) is 6.98. The van der Waals surface area contributed by atoms with Crippen LogP contribution in [0, 0.1) is 5.82 Å². The minimum atomic E-state index is -0.374. The van der Waals surface area contributed by atoms with Gasteiger partial charge in [0.15, 0.2) is 17.5 Å². The highest BCUT2D eigenvalue weighted by Crippen LogP contribution is 2.21. The molecule has 0 radical (unpaired) electrons. The predicted octanol–water partition coefficient (Wildman–Crippen LogP) is 3.70. The smallest absolute Gasteiger partial charge is 0.227 e. The zero-order chi connectivity index (χ0) is 20.6. The third kappa shape index (κ3) is 6.58. The molecule has 8 heteroatoms. The van der Waals surface area contributed by atoms with Crippen molar-refractivity contribution < 1.29 is 13.9 Å². The number of carbonyl (C=O) groups excluding carboxylic acids is 1. The summed E-state index contributed by atoms with van der Waals surface area (Å²) in [6.45, 7) is 3.73. The monoisotopic (exact) mass is 526 g/mol. The van der Waals surface area contributed by atoms with Crippen LogP contribution in [-0.2, 0) is 11.3 Å². The molecule has 1 unspecified atom stereocenters. The Bertz CT molecular complexity index is 860. The van der Waals surface area contributed by atoms with Crippen LogP contribution in [0.4, 0.5) is 10.1 Å². The summed E-state index contributed by atoms with van der Waals surface area (Å²) >= 11 is 0. The molecule has 0 aliphatic carbocycles. The molecular formula is C22H28FIN4O2. The van der Waals surface area contributed by atoms with Crippen molar-refractivity contribution >= 4 is 41.5 Å². The molecule has 2 aromatic carbocycles. The Hall–Kier alpha value is -2.36. The standard InChI is InChI=1S/C22H27FN4O2.HI/c1-16(29-20-7-4-3-6-19(20)23)14-25-22(24-2)26-15-17-9-11-18(12-10-17)27-13-5-8-21(27)28;/h3-4,6-7,9-12,16H,5,8,13-15H2,1-2H3,(H2,24,25,26);1H. The van der Waals surface area contributed by atoms with Crippen molar-refractivity contribution in [3.05, 3.63) is 59.9 Å². The number of aliphatic imine (C=N–C) groups is 1. The number of benzene rings is 2. The third-order valence-corrected chi connectivity index (χ3v) is 4.73. The SMILES string of the molecule is CN=C(NCc1ccc(N2CCCC2=O)cc1)NCC(C)Oc1ccccc1F.I. The molecule has 0 saturated carbocycles. The molecule has 1 aliphatic rings. The lowest BCUT2D eigenvalue weighted by Gasteiger charge is -2.18. The van der Waals surface area contributed by atoms with Gasteiger partial charge in [0.1, 0.15) is 6.10 Å². The van der Waals surface area contributed by atoms with Gasteiger partial charge in [0.25, 0.3) is 0 Å². The fourth-order valence-electron chi connectivity index (χ4n) is 3.16. The van der Waals surface area contributed by atoms with Gasteiger partial charge >= 0.3 is 0 Å².